The van der Waals surface area contributed by atoms with Crippen LogP contribution >= 0.6 is 0 Å². The average molecular weight is 214 g/mol. The van der Waals surface area contributed by atoms with E-state index in [0.29, 0.717) is 5.82 Å². The van der Waals surface area contributed by atoms with Gasteiger partial charge in [-0.1, -0.05) is 44.5 Å². The van der Waals surface area contributed by atoms with Crippen molar-refractivity contribution >= 4 is 16.6 Å². The van der Waals surface area contributed by atoms with Crippen LogP contribution in [-0.2, 0) is 5.41 Å². The van der Waals surface area contributed by atoms with Crippen molar-refractivity contribution in [3.63, 3.8) is 0 Å². The molecule has 1 heterocycles. The third kappa shape index (κ3) is 1.75. The summed E-state index contributed by atoms with van der Waals surface area (Å²) in [7, 11) is 0. The fourth-order valence-corrected chi connectivity index (χ4v) is 1.98. The first kappa shape index (κ1) is 10.9. The Kier molecular flexibility index (Phi) is 2.38. The third-order valence-corrected chi connectivity index (χ3v) is 2.88. The van der Waals surface area contributed by atoms with Crippen LogP contribution in [0.25, 0.3) is 10.8 Å². The van der Waals surface area contributed by atoms with E-state index in [1.807, 2.05) is 6.20 Å². The van der Waals surface area contributed by atoms with E-state index in [4.69, 9.17) is 5.73 Å². The van der Waals surface area contributed by atoms with Gasteiger partial charge in [0.2, 0.25) is 0 Å². The second-order valence-electron chi connectivity index (χ2n) is 5.36. The van der Waals surface area contributed by atoms with Crippen molar-refractivity contribution < 1.29 is 0 Å². The molecule has 0 saturated heterocycles. The lowest BCUT2D eigenvalue weighted by atomic mass is 9.84. The molecular weight excluding hydrogens is 196 g/mol. The molecule has 2 nitrogen and oxygen atoms in total. The molecule has 16 heavy (non-hydrogen) atoms. The standard InChI is InChI=1S/C14H18N2/c1-9-5-6-10-11(7-9)12(14(2,3)4)8-16-13(10)15/h5-8H,1-4H3,(H2,15,16). The highest BCUT2D eigenvalue weighted by Gasteiger charge is 2.18. The molecule has 1 aromatic heterocycles. The molecule has 2 N–H and O–H groups in total. The van der Waals surface area contributed by atoms with Crippen LogP contribution in [0, 0.1) is 6.92 Å². The number of nitrogens with two attached hydrogens (primary N) is 1. The predicted octanol–water partition coefficient (Wildman–Crippen LogP) is 3.42. The summed E-state index contributed by atoms with van der Waals surface area (Å²) in [6.45, 7) is 8.69. The highest BCUT2D eigenvalue weighted by molar-refractivity contribution is 5.94. The van der Waals surface area contributed by atoms with Gasteiger partial charge >= 0.3 is 0 Å². The summed E-state index contributed by atoms with van der Waals surface area (Å²) in [4.78, 5) is 4.28. The third-order valence-electron chi connectivity index (χ3n) is 2.88. The molecule has 0 radical (unpaired) electrons. The van der Waals surface area contributed by atoms with E-state index in [2.05, 4.69) is 50.9 Å². The Hall–Kier alpha value is -1.57. The normalized spacial score (nSPS) is 12.0. The number of benzene rings is 1. The van der Waals surface area contributed by atoms with E-state index < -0.39 is 0 Å². The molecule has 1 aromatic carbocycles. The minimum atomic E-state index is 0.0900. The number of hydrogen-bond donors (Lipinski definition) is 1. The van der Waals surface area contributed by atoms with Crippen LogP contribution in [0.15, 0.2) is 24.4 Å². The Balaban J connectivity index is 2.86. The fourth-order valence-electron chi connectivity index (χ4n) is 1.98. The number of rotatable bonds is 0. The van der Waals surface area contributed by atoms with Crippen molar-refractivity contribution in [2.24, 2.45) is 0 Å². The van der Waals surface area contributed by atoms with Gasteiger partial charge in [0, 0.05) is 11.6 Å². The van der Waals surface area contributed by atoms with Crippen molar-refractivity contribution in [1.29, 1.82) is 0 Å². The van der Waals surface area contributed by atoms with Gasteiger partial charge < -0.3 is 5.73 Å². The lowest BCUT2D eigenvalue weighted by Gasteiger charge is -2.21. The first-order valence-corrected chi connectivity index (χ1v) is 5.55. The number of aromatic nitrogens is 1. The molecule has 0 bridgehead atoms. The molecule has 0 spiro atoms. The molecule has 0 aliphatic rings. The number of nitrogens with zero attached hydrogens (tertiary/aromatic N) is 1. The van der Waals surface area contributed by atoms with Crippen LogP contribution in [-0.4, -0.2) is 4.98 Å². The summed E-state index contributed by atoms with van der Waals surface area (Å²) in [5, 5.41) is 2.28. The van der Waals surface area contributed by atoms with Crippen LogP contribution < -0.4 is 5.73 Å². The lowest BCUT2D eigenvalue weighted by molar-refractivity contribution is 0.593. The van der Waals surface area contributed by atoms with E-state index in [1.54, 1.807) is 0 Å². The Morgan fingerprint density at radius 3 is 2.44 bits per heavy atom. The molecule has 0 atom stereocenters. The van der Waals surface area contributed by atoms with Gasteiger partial charge in [-0.2, -0.15) is 0 Å². The fraction of sp³-hybridized carbons (Fsp3) is 0.357. The van der Waals surface area contributed by atoms with Crippen LogP contribution in [0.5, 0.6) is 0 Å². The maximum atomic E-state index is 5.91. The SMILES string of the molecule is Cc1ccc2c(N)ncc(C(C)(C)C)c2c1. The highest BCUT2D eigenvalue weighted by Crippen LogP contribution is 2.31. The summed E-state index contributed by atoms with van der Waals surface area (Å²) >= 11 is 0. The van der Waals surface area contributed by atoms with Gasteiger partial charge in [-0.15, -0.1) is 0 Å². The van der Waals surface area contributed by atoms with Gasteiger partial charge in [0.1, 0.15) is 5.82 Å². The number of hydrogen-bond acceptors (Lipinski definition) is 2. The van der Waals surface area contributed by atoms with Gasteiger partial charge in [-0.05, 0) is 23.3 Å². The van der Waals surface area contributed by atoms with Gasteiger partial charge in [0.05, 0.1) is 0 Å². The highest BCUT2D eigenvalue weighted by atomic mass is 14.8. The van der Waals surface area contributed by atoms with E-state index >= 15 is 0 Å². The van der Waals surface area contributed by atoms with E-state index in [-0.39, 0.29) is 5.41 Å². The van der Waals surface area contributed by atoms with Crippen molar-refractivity contribution in [3.8, 4) is 0 Å². The number of pyridine rings is 1. The first-order valence-electron chi connectivity index (χ1n) is 5.55. The molecule has 0 fully saturated rings. The molecular formula is C14H18N2. The topological polar surface area (TPSA) is 38.9 Å². The van der Waals surface area contributed by atoms with Gasteiger partial charge in [-0.3, -0.25) is 0 Å². The van der Waals surface area contributed by atoms with Crippen LogP contribution in [0.4, 0.5) is 5.82 Å². The zero-order valence-corrected chi connectivity index (χ0v) is 10.3. The smallest absolute Gasteiger partial charge is 0.131 e. The Bertz CT molecular complexity index is 536. The first-order chi connectivity index (χ1) is 7.39. The van der Waals surface area contributed by atoms with Crippen molar-refractivity contribution in [2.45, 2.75) is 33.1 Å². The van der Waals surface area contributed by atoms with Crippen LogP contribution in [0.1, 0.15) is 31.9 Å². The maximum absolute atomic E-state index is 5.91. The second-order valence-corrected chi connectivity index (χ2v) is 5.36. The van der Waals surface area contributed by atoms with Crippen LogP contribution in [0.2, 0.25) is 0 Å². The number of nitrogen functional groups attached to an aromatic ring is 1. The molecule has 0 aliphatic carbocycles. The zero-order chi connectivity index (χ0) is 11.9. The van der Waals surface area contributed by atoms with E-state index in [1.165, 1.54) is 16.5 Å². The summed E-state index contributed by atoms with van der Waals surface area (Å²) in [5.41, 5.74) is 8.50. The van der Waals surface area contributed by atoms with Crippen molar-refractivity contribution in [3.05, 3.63) is 35.5 Å². The minimum Gasteiger partial charge on any atom is -0.383 e. The number of anilines is 1. The molecule has 2 heteroatoms. The molecule has 2 rings (SSSR count). The maximum Gasteiger partial charge on any atom is 0.131 e. The van der Waals surface area contributed by atoms with Gasteiger partial charge in [0.25, 0.3) is 0 Å². The summed E-state index contributed by atoms with van der Waals surface area (Å²) in [6, 6.07) is 6.32. The molecule has 0 aliphatic heterocycles. The number of aryl methyl sites for hydroxylation is 1. The van der Waals surface area contributed by atoms with E-state index in [9.17, 15) is 0 Å². The molecule has 0 saturated carbocycles. The molecule has 2 aromatic rings. The predicted molar refractivity (Wildman–Crippen MR) is 69.6 cm³/mol. The average Bonchev–Trinajstić information content (AvgIpc) is 2.15. The Morgan fingerprint density at radius 1 is 1.12 bits per heavy atom. The Morgan fingerprint density at radius 2 is 1.81 bits per heavy atom. The number of fused-ring (bicyclic) bond motifs is 1. The molecule has 0 unspecified atom stereocenters. The van der Waals surface area contributed by atoms with Crippen molar-refractivity contribution in [1.82, 2.24) is 4.98 Å². The molecule has 0 amide bonds. The quantitative estimate of drug-likeness (QED) is 0.729. The largest absolute Gasteiger partial charge is 0.383 e. The Labute approximate surface area is 96.5 Å². The summed E-state index contributed by atoms with van der Waals surface area (Å²) in [6.07, 6.45) is 1.90. The monoisotopic (exact) mass is 214 g/mol. The summed E-state index contributed by atoms with van der Waals surface area (Å²) in [5.74, 6) is 0.614. The zero-order valence-electron chi connectivity index (χ0n) is 10.3. The van der Waals surface area contributed by atoms with Gasteiger partial charge in [0.15, 0.2) is 0 Å². The minimum absolute atomic E-state index is 0.0900. The van der Waals surface area contributed by atoms with Crippen LogP contribution in [0.3, 0.4) is 0 Å². The van der Waals surface area contributed by atoms with Gasteiger partial charge in [-0.25, -0.2) is 4.98 Å². The molecule has 84 valence electrons. The summed E-state index contributed by atoms with van der Waals surface area (Å²) < 4.78 is 0. The lowest BCUT2D eigenvalue weighted by Crippen LogP contribution is -2.13. The second kappa shape index (κ2) is 3.48. The van der Waals surface area contributed by atoms with Crippen molar-refractivity contribution in [2.75, 3.05) is 5.73 Å². The van der Waals surface area contributed by atoms with E-state index in [0.717, 1.165) is 5.39 Å².